The van der Waals surface area contributed by atoms with Crippen LogP contribution in [0.2, 0.25) is 0 Å². The first kappa shape index (κ1) is 7.25. The summed E-state index contributed by atoms with van der Waals surface area (Å²) in [6, 6.07) is 1.86. The van der Waals surface area contributed by atoms with Crippen molar-refractivity contribution in [3.8, 4) is 11.1 Å². The predicted octanol–water partition coefficient (Wildman–Crippen LogP) is 1.12. The lowest BCUT2D eigenvalue weighted by atomic mass is 10.2. The summed E-state index contributed by atoms with van der Waals surface area (Å²) in [6.07, 6.45) is 9.04. The van der Waals surface area contributed by atoms with E-state index in [9.17, 15) is 0 Å². The van der Waals surface area contributed by atoms with E-state index >= 15 is 0 Å². The van der Waals surface area contributed by atoms with Gasteiger partial charge in [-0.3, -0.25) is 5.10 Å². The molecule has 0 spiro atoms. The summed E-state index contributed by atoms with van der Waals surface area (Å²) >= 11 is 0. The molecule has 0 radical (unpaired) electrons. The zero-order chi connectivity index (χ0) is 9.38. The number of fused-ring (bicyclic) bond motifs is 1. The van der Waals surface area contributed by atoms with E-state index in [0.717, 1.165) is 16.8 Å². The van der Waals surface area contributed by atoms with Gasteiger partial charge in [0.05, 0.1) is 12.4 Å². The van der Waals surface area contributed by atoms with Gasteiger partial charge in [0.2, 0.25) is 0 Å². The van der Waals surface area contributed by atoms with Crippen molar-refractivity contribution in [3.05, 3.63) is 37.1 Å². The molecule has 5 heteroatoms. The van der Waals surface area contributed by atoms with Crippen LogP contribution in [0.4, 0.5) is 0 Å². The van der Waals surface area contributed by atoms with E-state index < -0.39 is 0 Å². The van der Waals surface area contributed by atoms with E-state index in [-0.39, 0.29) is 0 Å². The van der Waals surface area contributed by atoms with Gasteiger partial charge in [-0.15, -0.1) is 0 Å². The molecule has 0 atom stereocenters. The third kappa shape index (κ3) is 0.990. The molecule has 3 aromatic rings. The number of nitrogens with zero attached hydrogens (tertiary/aromatic N) is 4. The quantitative estimate of drug-likeness (QED) is 0.618. The van der Waals surface area contributed by atoms with E-state index in [1.165, 1.54) is 0 Å². The Balaban J connectivity index is 2.23. The summed E-state index contributed by atoms with van der Waals surface area (Å²) < 4.78 is 1.74. The van der Waals surface area contributed by atoms with Gasteiger partial charge in [0, 0.05) is 35.8 Å². The number of hydrogen-bond donors (Lipinski definition) is 1. The van der Waals surface area contributed by atoms with Crippen molar-refractivity contribution in [2.75, 3.05) is 0 Å². The SMILES string of the molecule is c1cc2ncc(-c3cn[nH]c3)cn2n1. The third-order valence-corrected chi connectivity index (χ3v) is 2.08. The van der Waals surface area contributed by atoms with Crippen LogP contribution in [0.15, 0.2) is 37.1 Å². The topological polar surface area (TPSA) is 58.9 Å². The normalized spacial score (nSPS) is 10.9. The van der Waals surface area contributed by atoms with E-state index in [4.69, 9.17) is 0 Å². The van der Waals surface area contributed by atoms with Gasteiger partial charge < -0.3 is 0 Å². The Kier molecular flexibility index (Phi) is 1.38. The maximum absolute atomic E-state index is 4.26. The Morgan fingerprint density at radius 2 is 2.21 bits per heavy atom. The molecule has 0 amide bonds. The minimum atomic E-state index is 0.845. The van der Waals surface area contributed by atoms with Crippen molar-refractivity contribution in [2.24, 2.45) is 0 Å². The lowest BCUT2D eigenvalue weighted by molar-refractivity contribution is 0.941. The van der Waals surface area contributed by atoms with Gasteiger partial charge in [0.25, 0.3) is 0 Å². The highest BCUT2D eigenvalue weighted by atomic mass is 15.2. The van der Waals surface area contributed by atoms with Gasteiger partial charge in [-0.2, -0.15) is 10.2 Å². The van der Waals surface area contributed by atoms with Crippen LogP contribution in [-0.2, 0) is 0 Å². The van der Waals surface area contributed by atoms with Gasteiger partial charge in [-0.25, -0.2) is 9.50 Å². The van der Waals surface area contributed by atoms with Gasteiger partial charge in [-0.1, -0.05) is 0 Å². The van der Waals surface area contributed by atoms with Crippen LogP contribution < -0.4 is 0 Å². The predicted molar refractivity (Wildman–Crippen MR) is 50.6 cm³/mol. The lowest BCUT2D eigenvalue weighted by Crippen LogP contribution is -1.90. The molecular formula is C9H7N5. The molecule has 68 valence electrons. The Labute approximate surface area is 79.4 Å². The second-order valence-corrected chi connectivity index (χ2v) is 2.96. The molecule has 0 aliphatic heterocycles. The zero-order valence-corrected chi connectivity index (χ0v) is 7.25. The molecule has 0 saturated heterocycles. The monoisotopic (exact) mass is 185 g/mol. The largest absolute Gasteiger partial charge is 0.285 e. The first-order valence-corrected chi connectivity index (χ1v) is 4.22. The average molecular weight is 185 g/mol. The Hall–Kier alpha value is -2.17. The highest BCUT2D eigenvalue weighted by Crippen LogP contribution is 2.15. The molecule has 14 heavy (non-hydrogen) atoms. The van der Waals surface area contributed by atoms with E-state index in [1.807, 2.05) is 24.7 Å². The number of nitrogens with one attached hydrogen (secondary N) is 1. The van der Waals surface area contributed by atoms with Crippen LogP contribution in [0, 0.1) is 0 Å². The van der Waals surface area contributed by atoms with Gasteiger partial charge >= 0.3 is 0 Å². The first-order chi connectivity index (χ1) is 6.93. The number of aromatic nitrogens is 5. The standard InChI is InChI=1S/C9H7N5/c1-2-13-14-6-8(3-10-9(1)14)7-4-11-12-5-7/h1-6H,(H,11,12). The van der Waals surface area contributed by atoms with Crippen molar-refractivity contribution >= 4 is 5.65 Å². The van der Waals surface area contributed by atoms with E-state index in [1.54, 1.807) is 16.9 Å². The minimum Gasteiger partial charge on any atom is -0.285 e. The van der Waals surface area contributed by atoms with Crippen LogP contribution in [0.5, 0.6) is 0 Å². The second-order valence-electron chi connectivity index (χ2n) is 2.96. The summed E-state index contributed by atoms with van der Waals surface area (Å²) in [5.74, 6) is 0. The summed E-state index contributed by atoms with van der Waals surface area (Å²) in [7, 11) is 0. The molecule has 3 rings (SSSR count). The number of aromatic amines is 1. The van der Waals surface area contributed by atoms with Crippen LogP contribution in [0.25, 0.3) is 16.8 Å². The summed E-state index contributed by atoms with van der Waals surface area (Å²) in [5, 5.41) is 10.8. The summed E-state index contributed by atoms with van der Waals surface area (Å²) in [4.78, 5) is 4.26. The minimum absolute atomic E-state index is 0.845. The number of hydrogen-bond acceptors (Lipinski definition) is 3. The molecule has 1 N–H and O–H groups in total. The fourth-order valence-corrected chi connectivity index (χ4v) is 1.37. The average Bonchev–Trinajstić information content (AvgIpc) is 2.88. The van der Waals surface area contributed by atoms with Gasteiger partial charge in [-0.05, 0) is 0 Å². The van der Waals surface area contributed by atoms with Crippen molar-refractivity contribution in [1.82, 2.24) is 24.8 Å². The molecule has 3 aromatic heterocycles. The van der Waals surface area contributed by atoms with Gasteiger partial charge in [0.1, 0.15) is 0 Å². The fraction of sp³-hybridized carbons (Fsp3) is 0. The van der Waals surface area contributed by atoms with Crippen molar-refractivity contribution in [3.63, 3.8) is 0 Å². The Bertz CT molecular complexity index is 551. The first-order valence-electron chi connectivity index (χ1n) is 4.22. The third-order valence-electron chi connectivity index (χ3n) is 2.08. The number of H-pyrrole nitrogens is 1. The highest BCUT2D eigenvalue weighted by Gasteiger charge is 2.01. The molecule has 0 unspecified atom stereocenters. The Morgan fingerprint density at radius 1 is 1.21 bits per heavy atom. The lowest BCUT2D eigenvalue weighted by Gasteiger charge is -1.96. The summed E-state index contributed by atoms with van der Waals surface area (Å²) in [6.45, 7) is 0. The smallest absolute Gasteiger partial charge is 0.154 e. The second kappa shape index (κ2) is 2.66. The number of rotatable bonds is 1. The molecule has 0 aliphatic rings. The molecule has 0 fully saturated rings. The molecule has 0 aliphatic carbocycles. The maximum Gasteiger partial charge on any atom is 0.154 e. The Morgan fingerprint density at radius 3 is 3.07 bits per heavy atom. The fourth-order valence-electron chi connectivity index (χ4n) is 1.37. The molecule has 3 heterocycles. The van der Waals surface area contributed by atoms with E-state index in [2.05, 4.69) is 20.3 Å². The molecular weight excluding hydrogens is 178 g/mol. The summed E-state index contributed by atoms with van der Waals surface area (Å²) in [5.41, 5.74) is 2.85. The molecule has 0 saturated carbocycles. The van der Waals surface area contributed by atoms with Crippen molar-refractivity contribution < 1.29 is 0 Å². The van der Waals surface area contributed by atoms with Gasteiger partial charge in [0.15, 0.2) is 5.65 Å². The van der Waals surface area contributed by atoms with Crippen LogP contribution in [0.3, 0.4) is 0 Å². The van der Waals surface area contributed by atoms with Crippen LogP contribution in [-0.4, -0.2) is 24.8 Å². The van der Waals surface area contributed by atoms with E-state index in [0.29, 0.717) is 0 Å². The van der Waals surface area contributed by atoms with Crippen LogP contribution in [0.1, 0.15) is 0 Å². The molecule has 0 aromatic carbocycles. The molecule has 5 nitrogen and oxygen atoms in total. The highest BCUT2D eigenvalue weighted by molar-refractivity contribution is 5.60. The van der Waals surface area contributed by atoms with Crippen molar-refractivity contribution in [1.29, 1.82) is 0 Å². The van der Waals surface area contributed by atoms with Crippen LogP contribution >= 0.6 is 0 Å². The zero-order valence-electron chi connectivity index (χ0n) is 7.25. The maximum atomic E-state index is 4.26. The molecule has 0 bridgehead atoms. The van der Waals surface area contributed by atoms with Crippen molar-refractivity contribution in [2.45, 2.75) is 0 Å².